The van der Waals surface area contributed by atoms with Crippen molar-refractivity contribution in [2.75, 3.05) is 0 Å². The van der Waals surface area contributed by atoms with Crippen molar-refractivity contribution < 1.29 is 4.79 Å². The number of para-hydroxylation sites is 1. The van der Waals surface area contributed by atoms with Crippen LogP contribution in [0, 0.1) is 6.92 Å². The third-order valence-electron chi connectivity index (χ3n) is 4.35. The summed E-state index contributed by atoms with van der Waals surface area (Å²) in [5.74, 6) is -0.259. The summed E-state index contributed by atoms with van der Waals surface area (Å²) in [7, 11) is 0. The van der Waals surface area contributed by atoms with Crippen LogP contribution in [0.15, 0.2) is 66.9 Å². The summed E-state index contributed by atoms with van der Waals surface area (Å²) in [4.78, 5) is 17.1. The molecule has 6 heteroatoms. The van der Waals surface area contributed by atoms with Gasteiger partial charge in [-0.3, -0.25) is 4.79 Å². The van der Waals surface area contributed by atoms with Crippen molar-refractivity contribution in [3.63, 3.8) is 0 Å². The van der Waals surface area contributed by atoms with Crippen LogP contribution in [-0.2, 0) is 6.54 Å². The molecule has 0 spiro atoms. The molecule has 2 aromatic carbocycles. The topological polar surface area (TPSA) is 59.8 Å². The van der Waals surface area contributed by atoms with E-state index in [1.807, 2.05) is 67.6 Å². The number of pyridine rings is 1. The first-order valence-electron chi connectivity index (χ1n) is 8.56. The van der Waals surface area contributed by atoms with E-state index in [4.69, 9.17) is 11.6 Å². The van der Waals surface area contributed by atoms with Gasteiger partial charge in [-0.15, -0.1) is 0 Å². The molecule has 0 unspecified atom stereocenters. The highest BCUT2D eigenvalue weighted by molar-refractivity contribution is 6.38. The molecule has 0 atom stereocenters. The number of halogens is 1. The van der Waals surface area contributed by atoms with E-state index in [-0.39, 0.29) is 5.91 Å². The van der Waals surface area contributed by atoms with Gasteiger partial charge < -0.3 is 5.32 Å². The van der Waals surface area contributed by atoms with Crippen LogP contribution in [0.3, 0.4) is 0 Å². The maximum Gasteiger partial charge on any atom is 0.254 e. The molecule has 27 heavy (non-hydrogen) atoms. The summed E-state index contributed by atoms with van der Waals surface area (Å²) in [6.45, 7) is 2.29. The number of hydrogen-bond acceptors (Lipinski definition) is 3. The number of nitrogens with zero attached hydrogens (tertiary/aromatic N) is 3. The Kier molecular flexibility index (Phi) is 4.60. The van der Waals surface area contributed by atoms with E-state index < -0.39 is 0 Å². The normalized spacial score (nSPS) is 10.9. The minimum atomic E-state index is -0.259. The van der Waals surface area contributed by atoms with Crippen molar-refractivity contribution in [1.82, 2.24) is 20.1 Å². The number of benzene rings is 2. The predicted molar refractivity (Wildman–Crippen MR) is 106 cm³/mol. The van der Waals surface area contributed by atoms with Crippen LogP contribution >= 0.6 is 11.6 Å². The van der Waals surface area contributed by atoms with E-state index in [0.29, 0.717) is 28.2 Å². The predicted octanol–water partition coefficient (Wildman–Crippen LogP) is 4.31. The zero-order valence-corrected chi connectivity index (χ0v) is 15.4. The second kappa shape index (κ2) is 7.21. The van der Waals surface area contributed by atoms with E-state index >= 15 is 0 Å². The Morgan fingerprint density at radius 2 is 1.74 bits per heavy atom. The molecule has 0 saturated heterocycles. The van der Waals surface area contributed by atoms with Gasteiger partial charge in [0, 0.05) is 12.7 Å². The Bertz CT molecular complexity index is 1110. The van der Waals surface area contributed by atoms with Crippen LogP contribution < -0.4 is 5.32 Å². The van der Waals surface area contributed by atoms with Gasteiger partial charge in [-0.05, 0) is 24.6 Å². The number of aromatic nitrogens is 3. The van der Waals surface area contributed by atoms with Crippen molar-refractivity contribution in [3.05, 3.63) is 88.7 Å². The maximum atomic E-state index is 12.6. The summed E-state index contributed by atoms with van der Waals surface area (Å²) < 4.78 is 1.74. The zero-order valence-electron chi connectivity index (χ0n) is 14.7. The molecule has 4 rings (SSSR count). The molecule has 0 saturated carbocycles. The molecule has 1 N–H and O–H groups in total. The van der Waals surface area contributed by atoms with Gasteiger partial charge in [0.05, 0.1) is 27.4 Å². The van der Waals surface area contributed by atoms with Gasteiger partial charge in [-0.2, -0.15) is 5.10 Å². The zero-order chi connectivity index (χ0) is 18.8. The molecule has 134 valence electrons. The average molecular weight is 377 g/mol. The van der Waals surface area contributed by atoms with Gasteiger partial charge in [-0.25, -0.2) is 9.67 Å². The van der Waals surface area contributed by atoms with Crippen LogP contribution in [0.4, 0.5) is 0 Å². The lowest BCUT2D eigenvalue weighted by atomic mass is 10.2. The molecule has 4 aromatic rings. The Balaban J connectivity index is 1.68. The highest BCUT2D eigenvalue weighted by Crippen LogP contribution is 2.29. The molecule has 0 aliphatic rings. The standard InChI is InChI=1S/C21H17ClN4O/c1-14-18-19(22)17(21(27)24-12-15-8-4-2-5-9-15)13-23-20(18)26(25-14)16-10-6-3-7-11-16/h2-11,13H,12H2,1H3,(H,24,27). The molecular weight excluding hydrogens is 360 g/mol. The van der Waals surface area contributed by atoms with Crippen LogP contribution in [0.2, 0.25) is 5.02 Å². The van der Waals surface area contributed by atoms with Gasteiger partial charge in [0.25, 0.3) is 5.91 Å². The van der Waals surface area contributed by atoms with Crippen molar-refractivity contribution >= 4 is 28.5 Å². The highest BCUT2D eigenvalue weighted by atomic mass is 35.5. The summed E-state index contributed by atoms with van der Waals surface area (Å²) in [6, 6.07) is 19.4. The monoisotopic (exact) mass is 376 g/mol. The van der Waals surface area contributed by atoms with Crippen LogP contribution in [0.1, 0.15) is 21.6 Å². The molecule has 0 radical (unpaired) electrons. The van der Waals surface area contributed by atoms with Gasteiger partial charge in [0.15, 0.2) is 5.65 Å². The van der Waals surface area contributed by atoms with Gasteiger partial charge in [0.2, 0.25) is 0 Å². The smallest absolute Gasteiger partial charge is 0.254 e. The fraction of sp³-hybridized carbons (Fsp3) is 0.0952. The van der Waals surface area contributed by atoms with Gasteiger partial charge in [-0.1, -0.05) is 60.1 Å². The molecule has 2 aromatic heterocycles. The number of amides is 1. The summed E-state index contributed by atoms with van der Waals surface area (Å²) in [5.41, 5.74) is 3.60. The van der Waals surface area contributed by atoms with Crippen LogP contribution in [-0.4, -0.2) is 20.7 Å². The fourth-order valence-electron chi connectivity index (χ4n) is 2.99. The molecule has 0 aliphatic heterocycles. The van der Waals surface area contributed by atoms with Crippen LogP contribution in [0.25, 0.3) is 16.7 Å². The van der Waals surface area contributed by atoms with E-state index in [2.05, 4.69) is 15.4 Å². The number of aryl methyl sites for hydroxylation is 1. The minimum Gasteiger partial charge on any atom is -0.348 e. The van der Waals surface area contributed by atoms with Crippen molar-refractivity contribution in [3.8, 4) is 5.69 Å². The SMILES string of the molecule is Cc1nn(-c2ccccc2)c2ncc(C(=O)NCc3ccccc3)c(Cl)c12. The van der Waals surface area contributed by atoms with Gasteiger partial charge >= 0.3 is 0 Å². The highest BCUT2D eigenvalue weighted by Gasteiger charge is 2.19. The first kappa shape index (κ1) is 17.2. The number of carbonyl (C=O) groups excluding carboxylic acids is 1. The molecule has 0 fully saturated rings. The Hall–Kier alpha value is -3.18. The first-order valence-corrected chi connectivity index (χ1v) is 8.94. The molecular formula is C21H17ClN4O. The molecule has 2 heterocycles. The average Bonchev–Trinajstić information content (AvgIpc) is 3.05. The third-order valence-corrected chi connectivity index (χ3v) is 4.74. The summed E-state index contributed by atoms with van der Waals surface area (Å²) in [6.07, 6.45) is 1.51. The van der Waals surface area contributed by atoms with Crippen molar-refractivity contribution in [1.29, 1.82) is 0 Å². The Labute approximate surface area is 161 Å². The number of nitrogens with one attached hydrogen (secondary N) is 1. The largest absolute Gasteiger partial charge is 0.348 e. The van der Waals surface area contributed by atoms with E-state index in [1.54, 1.807) is 4.68 Å². The van der Waals surface area contributed by atoms with E-state index in [9.17, 15) is 4.79 Å². The number of carbonyl (C=O) groups is 1. The lowest BCUT2D eigenvalue weighted by Gasteiger charge is -2.08. The lowest BCUT2D eigenvalue weighted by Crippen LogP contribution is -2.23. The Morgan fingerprint density at radius 3 is 2.44 bits per heavy atom. The summed E-state index contributed by atoms with van der Waals surface area (Å²) >= 11 is 6.57. The lowest BCUT2D eigenvalue weighted by molar-refractivity contribution is 0.0951. The van der Waals surface area contributed by atoms with Crippen molar-refractivity contribution in [2.45, 2.75) is 13.5 Å². The van der Waals surface area contributed by atoms with Crippen LogP contribution in [0.5, 0.6) is 0 Å². The quantitative estimate of drug-likeness (QED) is 0.577. The molecule has 5 nitrogen and oxygen atoms in total. The Morgan fingerprint density at radius 1 is 1.07 bits per heavy atom. The molecule has 0 aliphatic carbocycles. The molecule has 1 amide bonds. The van der Waals surface area contributed by atoms with Gasteiger partial charge in [0.1, 0.15) is 0 Å². The minimum absolute atomic E-state index is 0.259. The number of fused-ring (bicyclic) bond motifs is 1. The maximum absolute atomic E-state index is 12.6. The third kappa shape index (κ3) is 3.29. The number of rotatable bonds is 4. The number of hydrogen-bond donors (Lipinski definition) is 1. The second-order valence-corrected chi connectivity index (χ2v) is 6.56. The van der Waals surface area contributed by atoms with E-state index in [0.717, 1.165) is 16.9 Å². The second-order valence-electron chi connectivity index (χ2n) is 6.19. The first-order chi connectivity index (χ1) is 13.1. The van der Waals surface area contributed by atoms with Crippen molar-refractivity contribution in [2.24, 2.45) is 0 Å². The van der Waals surface area contributed by atoms with E-state index in [1.165, 1.54) is 6.20 Å². The molecule has 0 bridgehead atoms. The summed E-state index contributed by atoms with van der Waals surface area (Å²) in [5, 5.41) is 8.49. The fourth-order valence-corrected chi connectivity index (χ4v) is 3.35.